The van der Waals surface area contributed by atoms with Crippen LogP contribution in [-0.4, -0.2) is 26.8 Å². The van der Waals surface area contributed by atoms with E-state index in [-0.39, 0.29) is 23.5 Å². The molecule has 5 nitrogen and oxygen atoms in total. The lowest BCUT2D eigenvalue weighted by Crippen LogP contribution is -2.28. The number of carbonyl (C=O) groups excluding carboxylic acids is 1. The molecule has 7 heteroatoms. The molecule has 1 aliphatic carbocycles. The van der Waals surface area contributed by atoms with Gasteiger partial charge in [0.2, 0.25) is 11.1 Å². The molecule has 1 amide bonds. The third-order valence-electron chi connectivity index (χ3n) is 4.55. The lowest BCUT2D eigenvalue weighted by Gasteiger charge is -2.13. The molecule has 1 unspecified atom stereocenters. The van der Waals surface area contributed by atoms with E-state index in [2.05, 4.69) is 20.5 Å². The van der Waals surface area contributed by atoms with E-state index in [0.717, 1.165) is 17.8 Å². The van der Waals surface area contributed by atoms with Crippen molar-refractivity contribution >= 4 is 17.7 Å². The van der Waals surface area contributed by atoms with Crippen molar-refractivity contribution in [2.75, 3.05) is 5.75 Å². The van der Waals surface area contributed by atoms with Gasteiger partial charge in [0, 0.05) is 6.42 Å². The van der Waals surface area contributed by atoms with Crippen LogP contribution in [-0.2, 0) is 11.2 Å². The molecule has 1 aromatic carbocycles. The number of halogens is 1. The molecule has 0 spiro atoms. The van der Waals surface area contributed by atoms with Crippen LogP contribution in [0.4, 0.5) is 4.39 Å². The molecule has 134 valence electrons. The molecule has 2 aromatic rings. The Morgan fingerprint density at radius 3 is 2.80 bits per heavy atom. The molecule has 1 fully saturated rings. The van der Waals surface area contributed by atoms with Crippen molar-refractivity contribution < 1.29 is 9.18 Å². The highest BCUT2D eigenvalue weighted by Crippen LogP contribution is 2.27. The highest BCUT2D eigenvalue weighted by Gasteiger charge is 2.18. The Morgan fingerprint density at radius 2 is 2.08 bits per heavy atom. The number of carbonyl (C=O) groups is 1. The summed E-state index contributed by atoms with van der Waals surface area (Å²) < 4.78 is 12.9. The number of nitrogens with one attached hydrogen (secondary N) is 2. The normalized spacial score (nSPS) is 16.1. The fraction of sp³-hybridized carbons (Fsp3) is 0.500. The van der Waals surface area contributed by atoms with Gasteiger partial charge in [-0.05, 0) is 30.5 Å². The summed E-state index contributed by atoms with van der Waals surface area (Å²) in [7, 11) is 0. The van der Waals surface area contributed by atoms with Gasteiger partial charge in [0.25, 0.3) is 0 Å². The van der Waals surface area contributed by atoms with Crippen molar-refractivity contribution in [3.05, 3.63) is 41.5 Å². The van der Waals surface area contributed by atoms with Gasteiger partial charge in [-0.1, -0.05) is 49.6 Å². The lowest BCUT2D eigenvalue weighted by atomic mass is 10.0. The number of hydrogen-bond donors (Lipinski definition) is 2. The Bertz CT molecular complexity index is 697. The van der Waals surface area contributed by atoms with Crippen LogP contribution in [0.3, 0.4) is 0 Å². The second kappa shape index (κ2) is 8.47. The zero-order chi connectivity index (χ0) is 17.6. The van der Waals surface area contributed by atoms with Gasteiger partial charge in [0.05, 0.1) is 11.8 Å². The molecule has 0 saturated heterocycles. The number of aromatic amines is 1. The smallest absolute Gasteiger partial charge is 0.230 e. The summed E-state index contributed by atoms with van der Waals surface area (Å²) in [6.45, 7) is 1.88. The van der Waals surface area contributed by atoms with E-state index in [1.54, 1.807) is 12.1 Å². The molecule has 1 saturated carbocycles. The molecule has 3 rings (SSSR count). The zero-order valence-electron chi connectivity index (χ0n) is 14.3. The standard InChI is InChI=1S/C18H23FN4OS/c1-12(14-6-8-15(19)9-7-14)20-17(24)11-25-18-21-16(22-23-18)10-13-4-2-3-5-13/h6-9,12-13H,2-5,10-11H2,1H3,(H,20,24)(H,21,22,23). The molecule has 25 heavy (non-hydrogen) atoms. The largest absolute Gasteiger partial charge is 0.349 e. The monoisotopic (exact) mass is 362 g/mol. The van der Waals surface area contributed by atoms with E-state index < -0.39 is 0 Å². The molecule has 0 radical (unpaired) electrons. The van der Waals surface area contributed by atoms with Crippen LogP contribution < -0.4 is 5.32 Å². The average molecular weight is 362 g/mol. The predicted octanol–water partition coefficient (Wildman–Crippen LogP) is 3.65. The van der Waals surface area contributed by atoms with Crippen LogP contribution in [0, 0.1) is 11.7 Å². The maximum absolute atomic E-state index is 12.9. The third-order valence-corrected chi connectivity index (χ3v) is 5.40. The molecule has 1 heterocycles. The first-order valence-electron chi connectivity index (χ1n) is 8.69. The van der Waals surface area contributed by atoms with Gasteiger partial charge in [0.15, 0.2) is 0 Å². The lowest BCUT2D eigenvalue weighted by molar-refractivity contribution is -0.119. The zero-order valence-corrected chi connectivity index (χ0v) is 15.1. The SMILES string of the molecule is CC(NC(=O)CSc1n[nH]c(CC2CCCC2)n1)c1ccc(F)cc1. The fourth-order valence-electron chi connectivity index (χ4n) is 3.17. The minimum atomic E-state index is -0.282. The second-order valence-corrected chi connectivity index (χ2v) is 7.49. The Hall–Kier alpha value is -1.89. The number of hydrogen-bond acceptors (Lipinski definition) is 4. The Morgan fingerprint density at radius 1 is 1.36 bits per heavy atom. The number of thioether (sulfide) groups is 1. The Kier molecular flexibility index (Phi) is 6.07. The predicted molar refractivity (Wildman–Crippen MR) is 95.7 cm³/mol. The van der Waals surface area contributed by atoms with Crippen molar-refractivity contribution in [2.45, 2.75) is 50.2 Å². The van der Waals surface area contributed by atoms with E-state index in [9.17, 15) is 9.18 Å². The number of nitrogens with zero attached hydrogens (tertiary/aromatic N) is 2. The van der Waals surface area contributed by atoms with Crippen LogP contribution in [0.15, 0.2) is 29.4 Å². The summed E-state index contributed by atoms with van der Waals surface area (Å²) in [4.78, 5) is 16.5. The summed E-state index contributed by atoms with van der Waals surface area (Å²) in [5.41, 5.74) is 0.872. The third kappa shape index (κ3) is 5.29. The summed E-state index contributed by atoms with van der Waals surface area (Å²) >= 11 is 1.32. The van der Waals surface area contributed by atoms with Gasteiger partial charge >= 0.3 is 0 Å². The molecule has 1 aliphatic rings. The van der Waals surface area contributed by atoms with Crippen molar-refractivity contribution in [3.8, 4) is 0 Å². The maximum atomic E-state index is 12.9. The number of aromatic nitrogens is 3. The summed E-state index contributed by atoms with van der Waals surface area (Å²) in [5.74, 6) is 1.51. The van der Waals surface area contributed by atoms with Crippen LogP contribution in [0.1, 0.15) is 50.0 Å². The second-order valence-electron chi connectivity index (χ2n) is 6.55. The topological polar surface area (TPSA) is 70.7 Å². The first kappa shape index (κ1) is 17.9. The van der Waals surface area contributed by atoms with Crippen molar-refractivity contribution in [3.63, 3.8) is 0 Å². The summed E-state index contributed by atoms with van der Waals surface area (Å²) in [5, 5.41) is 10.7. The molecule has 1 atom stereocenters. The van der Waals surface area contributed by atoms with E-state index in [1.807, 2.05) is 6.92 Å². The number of benzene rings is 1. The van der Waals surface area contributed by atoms with E-state index in [1.165, 1.54) is 49.6 Å². The van der Waals surface area contributed by atoms with E-state index in [4.69, 9.17) is 0 Å². The molecular formula is C18H23FN4OS. The fourth-order valence-corrected chi connectivity index (χ4v) is 3.80. The minimum absolute atomic E-state index is 0.0935. The number of amides is 1. The minimum Gasteiger partial charge on any atom is -0.349 e. The van der Waals surface area contributed by atoms with Crippen LogP contribution in [0.2, 0.25) is 0 Å². The van der Waals surface area contributed by atoms with Gasteiger partial charge in [0.1, 0.15) is 11.6 Å². The molecule has 0 bridgehead atoms. The molecule has 1 aromatic heterocycles. The van der Waals surface area contributed by atoms with Gasteiger partial charge in [-0.3, -0.25) is 9.89 Å². The Balaban J connectivity index is 1.44. The van der Waals surface area contributed by atoms with Gasteiger partial charge in [-0.2, -0.15) is 0 Å². The van der Waals surface area contributed by atoms with Crippen molar-refractivity contribution in [1.82, 2.24) is 20.5 Å². The van der Waals surface area contributed by atoms with E-state index in [0.29, 0.717) is 11.1 Å². The number of H-pyrrole nitrogens is 1. The Labute approximate surface area is 151 Å². The van der Waals surface area contributed by atoms with Crippen LogP contribution in [0.5, 0.6) is 0 Å². The van der Waals surface area contributed by atoms with Crippen molar-refractivity contribution in [2.24, 2.45) is 5.92 Å². The first-order valence-corrected chi connectivity index (χ1v) is 9.67. The molecular weight excluding hydrogens is 339 g/mol. The molecule has 2 N–H and O–H groups in total. The van der Waals surface area contributed by atoms with Gasteiger partial charge in [-0.15, -0.1) is 5.10 Å². The van der Waals surface area contributed by atoms with Gasteiger partial charge in [-0.25, -0.2) is 9.37 Å². The summed E-state index contributed by atoms with van der Waals surface area (Å²) in [6, 6.07) is 5.98. The highest BCUT2D eigenvalue weighted by atomic mass is 32.2. The van der Waals surface area contributed by atoms with Crippen LogP contribution >= 0.6 is 11.8 Å². The average Bonchev–Trinajstić information content (AvgIpc) is 3.26. The van der Waals surface area contributed by atoms with Gasteiger partial charge < -0.3 is 5.32 Å². The maximum Gasteiger partial charge on any atom is 0.230 e. The number of rotatable bonds is 7. The first-order chi connectivity index (χ1) is 12.1. The van der Waals surface area contributed by atoms with Crippen molar-refractivity contribution in [1.29, 1.82) is 0 Å². The van der Waals surface area contributed by atoms with Crippen LogP contribution in [0.25, 0.3) is 0 Å². The van der Waals surface area contributed by atoms with E-state index >= 15 is 0 Å². The molecule has 0 aliphatic heterocycles. The highest BCUT2D eigenvalue weighted by molar-refractivity contribution is 7.99. The summed E-state index contributed by atoms with van der Waals surface area (Å²) in [6.07, 6.45) is 6.11. The quantitative estimate of drug-likeness (QED) is 0.738.